The molecule has 0 aliphatic heterocycles. The molecule has 0 fully saturated rings. The first-order chi connectivity index (χ1) is 13.3. The number of rotatable bonds is 5. The van der Waals surface area contributed by atoms with E-state index in [9.17, 15) is 9.90 Å². The summed E-state index contributed by atoms with van der Waals surface area (Å²) in [5.41, 5.74) is 2.44. The Morgan fingerprint density at radius 1 is 1.07 bits per heavy atom. The van der Waals surface area contributed by atoms with Crippen molar-refractivity contribution in [3.8, 4) is 22.9 Å². The molecule has 0 radical (unpaired) electrons. The third-order valence-corrected chi connectivity index (χ3v) is 4.13. The fraction of sp³-hybridized carbons (Fsp3) is 0.227. The number of phenols is 1. The molecule has 0 aliphatic carbocycles. The van der Waals surface area contributed by atoms with Crippen LogP contribution >= 0.6 is 0 Å². The monoisotopic (exact) mass is 377 g/mol. The largest absolute Gasteiger partial charge is 0.508 e. The molecule has 3 rings (SSSR count). The van der Waals surface area contributed by atoms with E-state index in [0.717, 1.165) is 0 Å². The minimum atomic E-state index is -0.298. The molecule has 2 aromatic carbocycles. The summed E-state index contributed by atoms with van der Waals surface area (Å²) < 4.78 is 5.53. The second-order valence-corrected chi connectivity index (χ2v) is 7.46. The van der Waals surface area contributed by atoms with Gasteiger partial charge in [-0.25, -0.2) is 9.97 Å². The molecule has 1 aromatic heterocycles. The Labute approximate surface area is 164 Å². The van der Waals surface area contributed by atoms with Crippen LogP contribution in [0.1, 0.15) is 26.3 Å². The number of aromatic nitrogens is 2. The molecule has 1 amide bonds. The predicted octanol–water partition coefficient (Wildman–Crippen LogP) is 4.16. The van der Waals surface area contributed by atoms with Crippen LogP contribution in [0.4, 0.5) is 5.69 Å². The van der Waals surface area contributed by atoms with Gasteiger partial charge in [-0.3, -0.25) is 4.79 Å². The van der Waals surface area contributed by atoms with E-state index in [1.54, 1.807) is 24.3 Å². The zero-order valence-corrected chi connectivity index (χ0v) is 16.1. The number of amides is 1. The Morgan fingerprint density at radius 3 is 2.36 bits per heavy atom. The zero-order chi connectivity index (χ0) is 20.1. The van der Waals surface area contributed by atoms with Gasteiger partial charge in [0, 0.05) is 5.56 Å². The molecule has 0 aliphatic rings. The molecule has 1 heterocycles. The number of anilines is 1. The number of carbonyl (C=O) groups excluding carboxylic acids is 1. The van der Waals surface area contributed by atoms with Gasteiger partial charge >= 0.3 is 0 Å². The summed E-state index contributed by atoms with van der Waals surface area (Å²) in [4.78, 5) is 20.5. The number of carbonyl (C=O) groups is 1. The highest BCUT2D eigenvalue weighted by Gasteiger charge is 2.13. The molecular formula is C22H23N3O3. The summed E-state index contributed by atoms with van der Waals surface area (Å²) in [6, 6.07) is 14.4. The van der Waals surface area contributed by atoms with Crippen LogP contribution in [0.2, 0.25) is 0 Å². The van der Waals surface area contributed by atoms with E-state index in [1.165, 1.54) is 18.0 Å². The molecule has 2 N–H and O–H groups in total. The van der Waals surface area contributed by atoms with Crippen molar-refractivity contribution >= 4 is 11.6 Å². The van der Waals surface area contributed by atoms with Crippen molar-refractivity contribution in [1.29, 1.82) is 0 Å². The van der Waals surface area contributed by atoms with Gasteiger partial charge < -0.3 is 15.2 Å². The van der Waals surface area contributed by atoms with Crippen LogP contribution in [0, 0.1) is 0 Å². The molecule has 28 heavy (non-hydrogen) atoms. The van der Waals surface area contributed by atoms with Gasteiger partial charge in [0.1, 0.15) is 11.5 Å². The predicted molar refractivity (Wildman–Crippen MR) is 108 cm³/mol. The van der Waals surface area contributed by atoms with Gasteiger partial charge in [-0.05, 0) is 35.2 Å². The first-order valence-corrected chi connectivity index (χ1v) is 8.96. The quantitative estimate of drug-likeness (QED) is 0.697. The number of hydrogen-bond donors (Lipinski definition) is 2. The lowest BCUT2D eigenvalue weighted by atomic mass is 9.87. The number of aromatic hydroxyl groups is 1. The number of hydrogen-bond acceptors (Lipinski definition) is 5. The summed E-state index contributed by atoms with van der Waals surface area (Å²) in [5.74, 6) is 0.947. The SMILES string of the molecule is CC(C)(C)c1ccc(OCC(=O)Nc2cnc(-c3cccc(O)c3)nc2)cc1. The van der Waals surface area contributed by atoms with Crippen molar-refractivity contribution in [3.05, 3.63) is 66.5 Å². The lowest BCUT2D eigenvalue weighted by Gasteiger charge is -2.19. The Balaban J connectivity index is 1.55. The van der Waals surface area contributed by atoms with E-state index < -0.39 is 0 Å². The van der Waals surface area contributed by atoms with Crippen molar-refractivity contribution in [2.45, 2.75) is 26.2 Å². The zero-order valence-electron chi connectivity index (χ0n) is 16.1. The molecule has 6 heteroatoms. The van der Waals surface area contributed by atoms with Crippen LogP contribution in [0.5, 0.6) is 11.5 Å². The van der Waals surface area contributed by atoms with Gasteiger partial charge in [-0.2, -0.15) is 0 Å². The van der Waals surface area contributed by atoms with E-state index >= 15 is 0 Å². The van der Waals surface area contributed by atoms with Gasteiger partial charge in [0.2, 0.25) is 0 Å². The van der Waals surface area contributed by atoms with E-state index in [-0.39, 0.29) is 23.7 Å². The lowest BCUT2D eigenvalue weighted by molar-refractivity contribution is -0.118. The third kappa shape index (κ3) is 5.07. The molecule has 0 saturated carbocycles. The maximum absolute atomic E-state index is 12.1. The van der Waals surface area contributed by atoms with E-state index in [2.05, 4.69) is 36.1 Å². The first kappa shape index (κ1) is 19.4. The van der Waals surface area contributed by atoms with Crippen molar-refractivity contribution in [3.63, 3.8) is 0 Å². The summed E-state index contributed by atoms with van der Waals surface area (Å²) in [6.45, 7) is 6.32. The summed E-state index contributed by atoms with van der Waals surface area (Å²) in [7, 11) is 0. The molecule has 0 bridgehead atoms. The summed E-state index contributed by atoms with van der Waals surface area (Å²) in [6.07, 6.45) is 3.03. The van der Waals surface area contributed by atoms with Gasteiger partial charge in [-0.1, -0.05) is 45.0 Å². The Bertz CT molecular complexity index is 946. The number of ether oxygens (including phenoxy) is 1. The van der Waals surface area contributed by atoms with Crippen LogP contribution in [-0.4, -0.2) is 27.6 Å². The molecule has 3 aromatic rings. The minimum absolute atomic E-state index is 0.0700. The standard InChI is InChI=1S/C22H23N3O3/c1-22(2,3)16-7-9-19(10-8-16)28-14-20(27)25-17-12-23-21(24-13-17)15-5-4-6-18(26)11-15/h4-13,26H,14H2,1-3H3,(H,25,27). The van der Waals surface area contributed by atoms with Crippen molar-refractivity contribution in [2.75, 3.05) is 11.9 Å². The summed E-state index contributed by atoms with van der Waals surface area (Å²) >= 11 is 0. The van der Waals surface area contributed by atoms with E-state index in [0.29, 0.717) is 22.8 Å². The fourth-order valence-electron chi connectivity index (χ4n) is 2.58. The van der Waals surface area contributed by atoms with Crippen LogP contribution in [-0.2, 0) is 10.2 Å². The maximum Gasteiger partial charge on any atom is 0.262 e. The summed E-state index contributed by atoms with van der Waals surface area (Å²) in [5, 5.41) is 12.2. The topological polar surface area (TPSA) is 84.3 Å². The van der Waals surface area contributed by atoms with E-state index in [1.807, 2.05) is 24.3 Å². The molecule has 144 valence electrons. The van der Waals surface area contributed by atoms with Gasteiger partial charge in [0.15, 0.2) is 12.4 Å². The van der Waals surface area contributed by atoms with Crippen LogP contribution in [0.15, 0.2) is 60.9 Å². The number of benzene rings is 2. The minimum Gasteiger partial charge on any atom is -0.508 e. The number of phenolic OH excluding ortho intramolecular Hbond substituents is 1. The molecule has 6 nitrogen and oxygen atoms in total. The van der Waals surface area contributed by atoms with Crippen LogP contribution < -0.4 is 10.1 Å². The number of nitrogens with zero attached hydrogens (tertiary/aromatic N) is 2. The highest BCUT2D eigenvalue weighted by atomic mass is 16.5. The second kappa shape index (κ2) is 8.08. The maximum atomic E-state index is 12.1. The van der Waals surface area contributed by atoms with Crippen LogP contribution in [0.3, 0.4) is 0 Å². The fourth-order valence-corrected chi connectivity index (χ4v) is 2.58. The Hall–Kier alpha value is -3.41. The van der Waals surface area contributed by atoms with Crippen LogP contribution in [0.25, 0.3) is 11.4 Å². The molecule has 0 saturated heterocycles. The second-order valence-electron chi connectivity index (χ2n) is 7.46. The first-order valence-electron chi connectivity index (χ1n) is 8.96. The Morgan fingerprint density at radius 2 is 1.75 bits per heavy atom. The van der Waals surface area contributed by atoms with Gasteiger partial charge in [-0.15, -0.1) is 0 Å². The highest BCUT2D eigenvalue weighted by Crippen LogP contribution is 2.24. The molecule has 0 atom stereocenters. The van der Waals surface area contributed by atoms with Gasteiger partial charge in [0.25, 0.3) is 5.91 Å². The van der Waals surface area contributed by atoms with E-state index in [4.69, 9.17) is 4.74 Å². The molecule has 0 unspecified atom stereocenters. The third-order valence-electron chi connectivity index (χ3n) is 4.13. The van der Waals surface area contributed by atoms with Crippen molar-refractivity contribution in [2.24, 2.45) is 0 Å². The highest BCUT2D eigenvalue weighted by molar-refractivity contribution is 5.91. The molecular weight excluding hydrogens is 354 g/mol. The van der Waals surface area contributed by atoms with Crippen molar-refractivity contribution < 1.29 is 14.6 Å². The van der Waals surface area contributed by atoms with Gasteiger partial charge in [0.05, 0.1) is 18.1 Å². The molecule has 0 spiro atoms. The normalized spacial score (nSPS) is 11.1. The van der Waals surface area contributed by atoms with Crippen molar-refractivity contribution in [1.82, 2.24) is 9.97 Å². The average Bonchev–Trinajstić information content (AvgIpc) is 2.67. The Kier molecular flexibility index (Phi) is 5.59. The number of nitrogens with one attached hydrogen (secondary N) is 1. The average molecular weight is 377 g/mol. The smallest absolute Gasteiger partial charge is 0.262 e. The lowest BCUT2D eigenvalue weighted by Crippen LogP contribution is -2.20.